The van der Waals surface area contributed by atoms with E-state index in [4.69, 9.17) is 11.6 Å². The summed E-state index contributed by atoms with van der Waals surface area (Å²) in [6, 6.07) is 20.0. The van der Waals surface area contributed by atoms with Gasteiger partial charge in [0.1, 0.15) is 5.82 Å². The molecule has 3 atom stereocenters. The van der Waals surface area contributed by atoms with Crippen LogP contribution in [0.3, 0.4) is 0 Å². The van der Waals surface area contributed by atoms with Gasteiger partial charge in [-0.3, -0.25) is 14.7 Å². The Morgan fingerprint density at radius 1 is 1.09 bits per heavy atom. The fourth-order valence-corrected chi connectivity index (χ4v) is 5.94. The second-order valence-corrected chi connectivity index (χ2v) is 10.2. The number of carbonyl (C=O) groups is 1. The molecule has 0 radical (unpaired) electrons. The Bertz CT molecular complexity index is 1180. The molecule has 1 N–H and O–H groups in total. The molecule has 1 spiro atoms. The molecular formula is C28H29ClFN3O2. The number of halogens is 2. The summed E-state index contributed by atoms with van der Waals surface area (Å²) in [4.78, 5) is 22.5. The number of pyridine rings is 1. The zero-order valence-electron chi connectivity index (χ0n) is 19.5. The van der Waals surface area contributed by atoms with E-state index in [-0.39, 0.29) is 11.7 Å². The monoisotopic (exact) mass is 493 g/mol. The van der Waals surface area contributed by atoms with Crippen molar-refractivity contribution in [3.8, 4) is 0 Å². The number of piperidine rings is 2. The second-order valence-electron chi connectivity index (χ2n) is 9.75. The molecule has 0 bridgehead atoms. The van der Waals surface area contributed by atoms with Crippen molar-refractivity contribution < 1.29 is 14.3 Å². The summed E-state index contributed by atoms with van der Waals surface area (Å²) in [5, 5.41) is 12.1. The van der Waals surface area contributed by atoms with Crippen LogP contribution in [0.25, 0.3) is 0 Å². The van der Waals surface area contributed by atoms with Crippen molar-refractivity contribution >= 4 is 17.5 Å². The summed E-state index contributed by atoms with van der Waals surface area (Å²) >= 11 is 6.24. The van der Waals surface area contributed by atoms with Gasteiger partial charge in [-0.1, -0.05) is 54.1 Å². The van der Waals surface area contributed by atoms with E-state index in [1.54, 1.807) is 6.07 Å². The predicted octanol–water partition coefficient (Wildman–Crippen LogP) is 4.99. The molecule has 1 aromatic heterocycles. The van der Waals surface area contributed by atoms with E-state index in [9.17, 15) is 14.3 Å². The van der Waals surface area contributed by atoms with Crippen molar-refractivity contribution in [3.63, 3.8) is 0 Å². The van der Waals surface area contributed by atoms with Crippen molar-refractivity contribution in [1.29, 1.82) is 0 Å². The van der Waals surface area contributed by atoms with Crippen LogP contribution in [0.2, 0.25) is 5.02 Å². The normalized spacial score (nSPS) is 25.2. The number of benzene rings is 2. The Kier molecular flexibility index (Phi) is 6.87. The first-order chi connectivity index (χ1) is 16.9. The van der Waals surface area contributed by atoms with E-state index in [1.807, 2.05) is 59.5 Å². The van der Waals surface area contributed by atoms with E-state index in [0.29, 0.717) is 31.1 Å². The highest BCUT2D eigenvalue weighted by Gasteiger charge is 2.52. The molecule has 2 aliphatic heterocycles. The SMILES string of the molecule is O=C1N(Cc2cccc(Cl)c2)[C@@H](c2ccccc2)[C@H](O)C[C@]12CCCN(Cc1ccc(F)cn1)C2. The highest BCUT2D eigenvalue weighted by Crippen LogP contribution is 2.46. The molecule has 1 amide bonds. The van der Waals surface area contributed by atoms with Crippen LogP contribution in [-0.4, -0.2) is 45.0 Å². The molecule has 5 nitrogen and oxygen atoms in total. The summed E-state index contributed by atoms with van der Waals surface area (Å²) in [6.45, 7) is 2.29. The van der Waals surface area contributed by atoms with Crippen LogP contribution in [0.4, 0.5) is 4.39 Å². The van der Waals surface area contributed by atoms with E-state index in [2.05, 4.69) is 9.88 Å². The highest BCUT2D eigenvalue weighted by molar-refractivity contribution is 6.30. The average Bonchev–Trinajstić information content (AvgIpc) is 2.85. The standard InChI is InChI=1S/C28H29ClFN3O2/c29-22-9-4-6-20(14-22)17-33-26(21-7-2-1-3-8-21)25(34)15-28(27(33)35)12-5-13-32(19-28)18-24-11-10-23(30)16-31-24/h1-4,6-11,14,16,25-26,34H,5,12-13,15,17-19H2/t25-,26+,28+/m1/s1. The first-order valence-electron chi connectivity index (χ1n) is 12.0. The van der Waals surface area contributed by atoms with Gasteiger partial charge in [-0.15, -0.1) is 0 Å². The minimum atomic E-state index is -0.696. The number of hydrogen-bond acceptors (Lipinski definition) is 4. The lowest BCUT2D eigenvalue weighted by atomic mass is 9.69. The maximum absolute atomic E-state index is 14.3. The lowest BCUT2D eigenvalue weighted by Crippen LogP contribution is -2.60. The van der Waals surface area contributed by atoms with Gasteiger partial charge in [0.25, 0.3) is 0 Å². The van der Waals surface area contributed by atoms with Gasteiger partial charge >= 0.3 is 0 Å². The lowest BCUT2D eigenvalue weighted by molar-refractivity contribution is -0.166. The van der Waals surface area contributed by atoms with Crippen LogP contribution in [0.15, 0.2) is 72.9 Å². The third kappa shape index (κ3) is 5.10. The predicted molar refractivity (Wildman–Crippen MR) is 133 cm³/mol. The van der Waals surface area contributed by atoms with E-state index < -0.39 is 17.6 Å². The molecule has 2 fully saturated rings. The Labute approximate surface area is 210 Å². The average molecular weight is 494 g/mol. The molecule has 3 heterocycles. The van der Waals surface area contributed by atoms with E-state index in [1.165, 1.54) is 12.3 Å². The number of aromatic nitrogens is 1. The van der Waals surface area contributed by atoms with Crippen molar-refractivity contribution in [2.45, 2.75) is 44.5 Å². The minimum Gasteiger partial charge on any atom is -0.391 e. The van der Waals surface area contributed by atoms with Crippen molar-refractivity contribution in [3.05, 3.63) is 101 Å². The maximum atomic E-state index is 14.3. The van der Waals surface area contributed by atoms with Gasteiger partial charge < -0.3 is 10.0 Å². The molecule has 0 saturated carbocycles. The Morgan fingerprint density at radius 2 is 1.91 bits per heavy atom. The summed E-state index contributed by atoms with van der Waals surface area (Å²) in [7, 11) is 0. The second kappa shape index (κ2) is 10.1. The fourth-order valence-electron chi connectivity index (χ4n) is 5.72. The Balaban J connectivity index is 1.45. The molecule has 0 unspecified atom stereocenters. The first kappa shape index (κ1) is 23.9. The lowest BCUT2D eigenvalue weighted by Gasteiger charge is -2.52. The summed E-state index contributed by atoms with van der Waals surface area (Å²) < 4.78 is 13.3. The summed E-state index contributed by atoms with van der Waals surface area (Å²) in [5.41, 5.74) is 1.94. The number of aliphatic hydroxyl groups is 1. The smallest absolute Gasteiger partial charge is 0.231 e. The van der Waals surface area contributed by atoms with Gasteiger partial charge in [0.15, 0.2) is 0 Å². The quantitative estimate of drug-likeness (QED) is 0.544. The summed E-state index contributed by atoms with van der Waals surface area (Å²) in [5.74, 6) is -0.300. The van der Waals surface area contributed by atoms with Crippen LogP contribution < -0.4 is 0 Å². The topological polar surface area (TPSA) is 56.7 Å². The Hall–Kier alpha value is -2.80. The van der Waals surface area contributed by atoms with Gasteiger partial charge in [0.05, 0.1) is 29.5 Å². The molecule has 2 aliphatic rings. The highest BCUT2D eigenvalue weighted by atomic mass is 35.5. The van der Waals surface area contributed by atoms with Crippen molar-refractivity contribution in [2.75, 3.05) is 13.1 Å². The number of amides is 1. The van der Waals surface area contributed by atoms with E-state index >= 15 is 0 Å². The number of carbonyl (C=O) groups excluding carboxylic acids is 1. The summed E-state index contributed by atoms with van der Waals surface area (Å²) in [6.07, 6.45) is 2.51. The van der Waals surface area contributed by atoms with Crippen LogP contribution in [-0.2, 0) is 17.9 Å². The van der Waals surface area contributed by atoms with Gasteiger partial charge in [0.2, 0.25) is 5.91 Å². The van der Waals surface area contributed by atoms with Crippen LogP contribution in [0.1, 0.15) is 42.1 Å². The first-order valence-corrected chi connectivity index (χ1v) is 12.4. The molecule has 2 aromatic carbocycles. The maximum Gasteiger partial charge on any atom is 0.231 e. The van der Waals surface area contributed by atoms with E-state index in [0.717, 1.165) is 36.2 Å². The molecule has 5 rings (SSSR count). The van der Waals surface area contributed by atoms with Gasteiger partial charge in [-0.05, 0) is 61.2 Å². The zero-order chi connectivity index (χ0) is 24.4. The van der Waals surface area contributed by atoms with Crippen LogP contribution >= 0.6 is 11.6 Å². The largest absolute Gasteiger partial charge is 0.391 e. The zero-order valence-corrected chi connectivity index (χ0v) is 20.2. The Morgan fingerprint density at radius 3 is 2.66 bits per heavy atom. The number of aliphatic hydroxyl groups excluding tert-OH is 1. The number of hydrogen-bond donors (Lipinski definition) is 1. The van der Waals surface area contributed by atoms with Crippen LogP contribution in [0, 0.1) is 11.2 Å². The minimum absolute atomic E-state index is 0.0633. The fraction of sp³-hybridized carbons (Fsp3) is 0.357. The molecule has 7 heteroatoms. The molecule has 2 saturated heterocycles. The number of rotatable bonds is 5. The van der Waals surface area contributed by atoms with Gasteiger partial charge in [-0.25, -0.2) is 4.39 Å². The van der Waals surface area contributed by atoms with Gasteiger partial charge in [-0.2, -0.15) is 0 Å². The molecule has 3 aromatic rings. The molecule has 182 valence electrons. The van der Waals surface area contributed by atoms with Gasteiger partial charge in [0, 0.05) is 24.7 Å². The molecule has 35 heavy (non-hydrogen) atoms. The van der Waals surface area contributed by atoms with Crippen LogP contribution in [0.5, 0.6) is 0 Å². The number of likely N-dealkylation sites (tertiary alicyclic amines) is 2. The molecule has 0 aliphatic carbocycles. The number of nitrogens with zero attached hydrogens (tertiary/aromatic N) is 3. The van der Waals surface area contributed by atoms with Crippen molar-refractivity contribution in [2.24, 2.45) is 5.41 Å². The third-order valence-electron chi connectivity index (χ3n) is 7.23. The van der Waals surface area contributed by atoms with Crippen molar-refractivity contribution in [1.82, 2.24) is 14.8 Å². The molecular weight excluding hydrogens is 465 g/mol. The third-order valence-corrected chi connectivity index (χ3v) is 7.46.